The van der Waals surface area contributed by atoms with Crippen LogP contribution in [-0.4, -0.2) is 59.0 Å². The van der Waals surface area contributed by atoms with Gasteiger partial charge in [-0.25, -0.2) is 0 Å². The van der Waals surface area contributed by atoms with Crippen molar-refractivity contribution < 1.29 is 28.1 Å². The topological polar surface area (TPSA) is 77.4 Å². The maximum absolute atomic E-state index is 9.66. The van der Waals surface area contributed by atoms with Gasteiger partial charge in [0.15, 0.2) is 0 Å². The molecule has 2 N–H and O–H groups in total. The monoisotopic (exact) mass is 402 g/mol. The van der Waals surface area contributed by atoms with Gasteiger partial charge in [0.05, 0.1) is 12.7 Å². The number of hydrogen-bond donors (Lipinski definition) is 2. The first-order valence-electron chi connectivity index (χ1n) is 9.64. The highest BCUT2D eigenvalue weighted by Gasteiger charge is 2.52. The average Bonchev–Trinajstić information content (AvgIpc) is 2.50. The Kier molecular flexibility index (Phi) is 6.86. The van der Waals surface area contributed by atoms with Gasteiger partial charge >= 0.3 is 15.7 Å². The zero-order valence-corrected chi connectivity index (χ0v) is 19.4. The van der Waals surface area contributed by atoms with Gasteiger partial charge in [-0.2, -0.15) is 0 Å². The molecule has 0 radical (unpaired) electrons. The maximum Gasteiger partial charge on any atom is 0.525 e. The van der Waals surface area contributed by atoms with E-state index < -0.39 is 24.0 Å². The van der Waals surface area contributed by atoms with E-state index >= 15 is 0 Å². The van der Waals surface area contributed by atoms with Crippen molar-refractivity contribution >= 4 is 24.0 Å². The fourth-order valence-electron chi connectivity index (χ4n) is 4.56. The van der Waals surface area contributed by atoms with E-state index in [2.05, 4.69) is 41.5 Å². The molecule has 0 bridgehead atoms. The molecule has 2 rings (SSSR count). The van der Waals surface area contributed by atoms with Crippen molar-refractivity contribution in [1.29, 1.82) is 0 Å². The summed E-state index contributed by atoms with van der Waals surface area (Å²) in [6.45, 7) is 17.8. The lowest BCUT2D eigenvalue weighted by Gasteiger charge is -2.50. The lowest BCUT2D eigenvalue weighted by molar-refractivity contribution is -0.113. The van der Waals surface area contributed by atoms with E-state index in [9.17, 15) is 10.0 Å². The van der Waals surface area contributed by atoms with Crippen molar-refractivity contribution in [3.05, 3.63) is 11.7 Å². The lowest BCUT2D eigenvalue weighted by Crippen LogP contribution is -2.62. The van der Waals surface area contributed by atoms with Crippen LogP contribution in [0.2, 0.25) is 29.7 Å². The fourth-order valence-corrected chi connectivity index (χ4v) is 11.6. The van der Waals surface area contributed by atoms with Crippen molar-refractivity contribution in [2.75, 3.05) is 6.61 Å². The first-order chi connectivity index (χ1) is 11.9. The maximum atomic E-state index is 9.66. The van der Waals surface area contributed by atoms with Crippen LogP contribution in [0.5, 0.6) is 0 Å². The van der Waals surface area contributed by atoms with E-state index in [1.807, 2.05) is 13.1 Å². The van der Waals surface area contributed by atoms with E-state index in [0.717, 1.165) is 0 Å². The summed E-state index contributed by atoms with van der Waals surface area (Å²) in [4.78, 5) is 0. The Bertz CT molecular complexity index is 502. The molecule has 0 aromatic heterocycles. The lowest BCUT2D eigenvalue weighted by atomic mass is 9.84. The van der Waals surface area contributed by atoms with Crippen molar-refractivity contribution in [3.63, 3.8) is 0 Å². The molecule has 1 unspecified atom stereocenters. The average molecular weight is 402 g/mol. The van der Waals surface area contributed by atoms with Gasteiger partial charge in [-0.3, -0.25) is 0 Å². The molecule has 0 aromatic rings. The summed E-state index contributed by atoms with van der Waals surface area (Å²) in [7, 11) is -6.08. The van der Waals surface area contributed by atoms with Crippen LogP contribution in [-0.2, 0) is 18.0 Å². The van der Waals surface area contributed by atoms with Gasteiger partial charge in [0.1, 0.15) is 17.9 Å². The molecule has 0 amide bonds. The Morgan fingerprint density at radius 2 is 1.65 bits per heavy atom. The molecular formula is C17H35BO6Si2. The third kappa shape index (κ3) is 4.29. The van der Waals surface area contributed by atoms with E-state index in [0.29, 0.717) is 23.2 Å². The van der Waals surface area contributed by atoms with E-state index in [1.54, 1.807) is 6.08 Å². The van der Waals surface area contributed by atoms with Crippen LogP contribution < -0.4 is 0 Å². The minimum absolute atomic E-state index is 0.129. The Morgan fingerprint density at radius 1 is 1.12 bits per heavy atom. The van der Waals surface area contributed by atoms with Crippen LogP contribution in [0.3, 0.4) is 0 Å². The molecule has 2 aliphatic heterocycles. The zero-order valence-electron chi connectivity index (χ0n) is 17.4. The first-order valence-corrected chi connectivity index (χ1v) is 14.6. The molecule has 1 saturated heterocycles. The predicted molar refractivity (Wildman–Crippen MR) is 107 cm³/mol. The highest BCUT2D eigenvalue weighted by Crippen LogP contribution is 2.45. The zero-order chi connectivity index (χ0) is 19.9. The molecule has 2 heterocycles. The van der Waals surface area contributed by atoms with Gasteiger partial charge in [-0.15, -0.1) is 0 Å². The Hall–Kier alpha value is -0.161. The molecule has 1 fully saturated rings. The van der Waals surface area contributed by atoms with Gasteiger partial charge < -0.3 is 28.1 Å². The number of rotatable bonds is 6. The van der Waals surface area contributed by atoms with Crippen molar-refractivity contribution in [1.82, 2.24) is 0 Å². The summed E-state index contributed by atoms with van der Waals surface area (Å²) in [5.74, 6) is 0. The molecule has 0 spiro atoms. The van der Waals surface area contributed by atoms with Gasteiger partial charge in [0.25, 0.3) is 0 Å². The second-order valence-electron chi connectivity index (χ2n) is 8.79. The standard InChI is InChI=1S/C17H35BO6Si2/c1-11(2)26(12(3)4,13(5)6)23-14-9-16(18(19)20)22-15-10-21-25(7,8)24-17(14)15/h9,11-15,17,19-20H,10H2,1-8H3/t14-,15+,17?/m0/s1. The molecular weight excluding hydrogens is 367 g/mol. The Labute approximate surface area is 160 Å². The van der Waals surface area contributed by atoms with Crippen LogP contribution in [0.15, 0.2) is 11.7 Å². The van der Waals surface area contributed by atoms with Crippen molar-refractivity contribution in [3.8, 4) is 0 Å². The normalized spacial score (nSPS) is 28.8. The summed E-state index contributed by atoms with van der Waals surface area (Å²) in [5.41, 5.74) is 1.39. The molecule has 0 aliphatic carbocycles. The van der Waals surface area contributed by atoms with Crippen LogP contribution in [0.1, 0.15) is 41.5 Å². The van der Waals surface area contributed by atoms with Gasteiger partial charge in [0, 0.05) is 0 Å². The molecule has 2 aliphatic rings. The molecule has 9 heteroatoms. The van der Waals surface area contributed by atoms with Crippen LogP contribution in [0.25, 0.3) is 0 Å². The smallest absolute Gasteiger partial charge is 0.493 e. The van der Waals surface area contributed by atoms with Gasteiger partial charge in [-0.05, 0) is 35.8 Å². The summed E-state index contributed by atoms with van der Waals surface area (Å²) < 4.78 is 24.8. The predicted octanol–water partition coefficient (Wildman–Crippen LogP) is 2.96. The fraction of sp³-hybridized carbons (Fsp3) is 0.882. The molecule has 150 valence electrons. The summed E-state index contributed by atoms with van der Waals surface area (Å²) in [5, 5.41) is 19.3. The van der Waals surface area contributed by atoms with Gasteiger partial charge in [0.2, 0.25) is 8.32 Å². The molecule has 26 heavy (non-hydrogen) atoms. The Balaban J connectivity index is 2.42. The summed E-state index contributed by atoms with van der Waals surface area (Å²) in [6.07, 6.45) is 0.674. The van der Waals surface area contributed by atoms with Crippen molar-refractivity contribution in [2.45, 2.75) is 89.6 Å². The SMILES string of the molecule is CC(C)[Si](O[C@H]1C=C(B(O)O)O[C@@H]2CO[Si](C)(C)OC12)(C(C)C)C(C)C. The first kappa shape index (κ1) is 22.1. The second-order valence-corrected chi connectivity index (χ2v) is 17.5. The van der Waals surface area contributed by atoms with Crippen molar-refractivity contribution in [2.24, 2.45) is 0 Å². The number of ether oxygens (including phenoxy) is 1. The van der Waals surface area contributed by atoms with E-state index in [1.165, 1.54) is 0 Å². The van der Waals surface area contributed by atoms with E-state index in [-0.39, 0.29) is 24.0 Å². The van der Waals surface area contributed by atoms with E-state index in [4.69, 9.17) is 18.0 Å². The minimum Gasteiger partial charge on any atom is -0.493 e. The van der Waals surface area contributed by atoms with Gasteiger partial charge in [-0.1, -0.05) is 41.5 Å². The van der Waals surface area contributed by atoms with Crippen LogP contribution in [0.4, 0.5) is 0 Å². The largest absolute Gasteiger partial charge is 0.525 e. The minimum atomic E-state index is -2.25. The number of fused-ring (bicyclic) bond motifs is 1. The van der Waals surface area contributed by atoms with Crippen LogP contribution >= 0.6 is 0 Å². The third-order valence-electron chi connectivity index (χ3n) is 5.62. The quantitative estimate of drug-likeness (QED) is 0.666. The molecule has 3 atom stereocenters. The molecule has 0 saturated carbocycles. The summed E-state index contributed by atoms with van der Waals surface area (Å²) in [6, 6.07) is 0. The summed E-state index contributed by atoms with van der Waals surface area (Å²) >= 11 is 0. The highest BCUT2D eigenvalue weighted by molar-refractivity contribution is 6.77. The number of hydrogen-bond acceptors (Lipinski definition) is 6. The third-order valence-corrected chi connectivity index (χ3v) is 13.4. The second kappa shape index (κ2) is 8.06. The van der Waals surface area contributed by atoms with Crippen LogP contribution in [0, 0.1) is 0 Å². The molecule has 6 nitrogen and oxygen atoms in total. The Morgan fingerprint density at radius 3 is 2.12 bits per heavy atom. The molecule has 0 aromatic carbocycles. The highest BCUT2D eigenvalue weighted by atomic mass is 28.4.